The lowest BCUT2D eigenvalue weighted by molar-refractivity contribution is 0.0484. The molecule has 1 aromatic heterocycles. The lowest BCUT2D eigenvalue weighted by atomic mass is 10.1. The first-order chi connectivity index (χ1) is 14.7. The number of hydrogen-bond acceptors (Lipinski definition) is 4. The number of aromatic amines is 1. The van der Waals surface area contributed by atoms with Crippen molar-refractivity contribution in [3.63, 3.8) is 0 Å². The van der Waals surface area contributed by atoms with Gasteiger partial charge in [-0.25, -0.2) is 9.78 Å². The van der Waals surface area contributed by atoms with Crippen LogP contribution in [0, 0.1) is 6.92 Å². The number of H-pyrrole nitrogens is 1. The molecule has 2 atom stereocenters. The van der Waals surface area contributed by atoms with E-state index in [1.54, 1.807) is 4.90 Å². The van der Waals surface area contributed by atoms with Crippen molar-refractivity contribution in [2.75, 3.05) is 13.1 Å². The van der Waals surface area contributed by atoms with E-state index in [0.717, 1.165) is 17.8 Å². The molecule has 0 saturated carbocycles. The predicted octanol–water partition coefficient (Wildman–Crippen LogP) is 3.40. The van der Waals surface area contributed by atoms with E-state index in [4.69, 9.17) is 4.74 Å². The van der Waals surface area contributed by atoms with Gasteiger partial charge in [-0.1, -0.05) is 60.7 Å². The van der Waals surface area contributed by atoms with Crippen LogP contribution in [0.1, 0.15) is 35.2 Å². The van der Waals surface area contributed by atoms with Gasteiger partial charge in [0, 0.05) is 19.5 Å². The standard InChI is InChI=1S/C23H27N5O2/c1-17-25-22(27-26-17)21-14-20(30-16-19-10-6-3-7-11-19)15-28(21)23(29)24-13-12-18-8-4-2-5-9-18/h2-11,20-21H,12-16H2,1H3,(H,24,29)(H,25,26,27)/t20-,21-/m0/s1. The largest absolute Gasteiger partial charge is 0.372 e. The highest BCUT2D eigenvalue weighted by Gasteiger charge is 2.39. The highest BCUT2D eigenvalue weighted by atomic mass is 16.5. The third-order valence-corrected chi connectivity index (χ3v) is 5.30. The lowest BCUT2D eigenvalue weighted by Crippen LogP contribution is -2.41. The highest BCUT2D eigenvalue weighted by Crippen LogP contribution is 2.32. The number of rotatable bonds is 7. The van der Waals surface area contributed by atoms with Crippen molar-refractivity contribution in [1.29, 1.82) is 0 Å². The van der Waals surface area contributed by atoms with Gasteiger partial charge in [0.25, 0.3) is 0 Å². The zero-order chi connectivity index (χ0) is 20.8. The van der Waals surface area contributed by atoms with Gasteiger partial charge in [0.15, 0.2) is 5.82 Å². The zero-order valence-electron chi connectivity index (χ0n) is 17.1. The van der Waals surface area contributed by atoms with Crippen molar-refractivity contribution in [2.45, 2.75) is 38.5 Å². The van der Waals surface area contributed by atoms with Crippen LogP contribution in [0.15, 0.2) is 60.7 Å². The normalized spacial score (nSPS) is 18.5. The van der Waals surface area contributed by atoms with Crippen LogP contribution < -0.4 is 5.32 Å². The Bertz CT molecular complexity index is 944. The summed E-state index contributed by atoms with van der Waals surface area (Å²) >= 11 is 0. The molecule has 0 unspecified atom stereocenters. The van der Waals surface area contributed by atoms with Gasteiger partial charge in [-0.15, -0.1) is 0 Å². The molecule has 2 N–H and O–H groups in total. The average Bonchev–Trinajstić information content (AvgIpc) is 3.40. The van der Waals surface area contributed by atoms with Gasteiger partial charge in [0.05, 0.1) is 18.8 Å². The molecule has 2 aromatic carbocycles. The van der Waals surface area contributed by atoms with E-state index in [1.807, 2.05) is 55.5 Å². The first-order valence-corrected chi connectivity index (χ1v) is 10.3. The Kier molecular flexibility index (Phi) is 6.39. The molecule has 4 rings (SSSR count). The summed E-state index contributed by atoms with van der Waals surface area (Å²) in [6.07, 6.45) is 1.41. The van der Waals surface area contributed by atoms with Crippen molar-refractivity contribution in [3.8, 4) is 0 Å². The van der Waals surface area contributed by atoms with Gasteiger partial charge in [0.2, 0.25) is 0 Å². The van der Waals surface area contributed by atoms with Crippen LogP contribution in [0.25, 0.3) is 0 Å². The monoisotopic (exact) mass is 405 g/mol. The minimum Gasteiger partial charge on any atom is -0.372 e. The molecule has 1 fully saturated rings. The predicted molar refractivity (Wildman–Crippen MR) is 114 cm³/mol. The second kappa shape index (κ2) is 9.54. The number of benzene rings is 2. The number of nitrogens with one attached hydrogen (secondary N) is 2. The molecular formula is C23H27N5O2. The molecule has 3 aromatic rings. The number of ether oxygens (including phenoxy) is 1. The summed E-state index contributed by atoms with van der Waals surface area (Å²) in [5.41, 5.74) is 2.32. The molecule has 0 bridgehead atoms. The Morgan fingerprint density at radius 1 is 1.13 bits per heavy atom. The second-order valence-corrected chi connectivity index (χ2v) is 7.57. The number of hydrogen-bond donors (Lipinski definition) is 2. The third kappa shape index (κ3) is 5.04. The number of amides is 2. The van der Waals surface area contributed by atoms with Crippen molar-refractivity contribution >= 4 is 6.03 Å². The van der Waals surface area contributed by atoms with E-state index in [1.165, 1.54) is 5.56 Å². The third-order valence-electron chi connectivity index (χ3n) is 5.30. The SMILES string of the molecule is Cc1nc([C@@H]2C[C@H](OCc3ccccc3)CN2C(=O)NCCc2ccccc2)n[nH]1. The average molecular weight is 406 g/mol. The zero-order valence-corrected chi connectivity index (χ0v) is 17.1. The van der Waals surface area contributed by atoms with E-state index in [-0.39, 0.29) is 18.2 Å². The van der Waals surface area contributed by atoms with E-state index < -0.39 is 0 Å². The summed E-state index contributed by atoms with van der Waals surface area (Å²) in [5, 5.41) is 10.2. The molecule has 1 aliphatic heterocycles. The van der Waals surface area contributed by atoms with Crippen LogP contribution in [0.4, 0.5) is 4.79 Å². The minimum atomic E-state index is -0.201. The summed E-state index contributed by atoms with van der Waals surface area (Å²) in [6, 6.07) is 19.9. The van der Waals surface area contributed by atoms with Crippen molar-refractivity contribution in [2.24, 2.45) is 0 Å². The first kappa shape index (κ1) is 20.1. The number of carbonyl (C=O) groups excluding carboxylic acids is 1. The molecular weight excluding hydrogens is 378 g/mol. The van der Waals surface area contributed by atoms with Gasteiger partial charge < -0.3 is 15.0 Å². The molecule has 7 nitrogen and oxygen atoms in total. The Hall–Kier alpha value is -3.19. The number of likely N-dealkylation sites (tertiary alicyclic amines) is 1. The van der Waals surface area contributed by atoms with Crippen molar-refractivity contribution in [1.82, 2.24) is 25.4 Å². The van der Waals surface area contributed by atoms with Gasteiger partial charge in [0.1, 0.15) is 5.82 Å². The number of nitrogens with zero attached hydrogens (tertiary/aromatic N) is 3. The van der Waals surface area contributed by atoms with Gasteiger partial charge >= 0.3 is 6.03 Å². The maximum Gasteiger partial charge on any atom is 0.318 e. The summed E-state index contributed by atoms with van der Waals surface area (Å²) < 4.78 is 6.11. The Morgan fingerprint density at radius 3 is 2.50 bits per heavy atom. The second-order valence-electron chi connectivity index (χ2n) is 7.57. The molecule has 2 heterocycles. The van der Waals surface area contributed by atoms with Crippen LogP contribution in [-0.2, 0) is 17.8 Å². The summed E-state index contributed by atoms with van der Waals surface area (Å²) in [7, 11) is 0. The fraction of sp³-hybridized carbons (Fsp3) is 0.348. The van der Waals surface area contributed by atoms with Crippen LogP contribution in [-0.4, -0.2) is 45.3 Å². The summed E-state index contributed by atoms with van der Waals surface area (Å²) in [5.74, 6) is 1.37. The van der Waals surface area contributed by atoms with Crippen LogP contribution in [0.2, 0.25) is 0 Å². The van der Waals surface area contributed by atoms with Crippen molar-refractivity contribution in [3.05, 3.63) is 83.4 Å². The van der Waals surface area contributed by atoms with Crippen molar-refractivity contribution < 1.29 is 9.53 Å². The number of aromatic nitrogens is 3. The number of urea groups is 1. The number of carbonyl (C=O) groups is 1. The van der Waals surface area contributed by atoms with Gasteiger partial charge in [-0.05, 0) is 24.5 Å². The topological polar surface area (TPSA) is 83.1 Å². The highest BCUT2D eigenvalue weighted by molar-refractivity contribution is 5.75. The fourth-order valence-electron chi connectivity index (χ4n) is 3.74. The van der Waals surface area contributed by atoms with E-state index in [0.29, 0.717) is 31.9 Å². The number of aryl methyl sites for hydroxylation is 1. The molecule has 156 valence electrons. The Balaban J connectivity index is 1.38. The maximum absolute atomic E-state index is 12.9. The molecule has 0 spiro atoms. The smallest absolute Gasteiger partial charge is 0.318 e. The quantitative estimate of drug-likeness (QED) is 0.631. The first-order valence-electron chi connectivity index (χ1n) is 10.3. The van der Waals surface area contributed by atoms with Crippen LogP contribution in [0.5, 0.6) is 0 Å². The lowest BCUT2D eigenvalue weighted by Gasteiger charge is -2.22. The molecule has 0 radical (unpaired) electrons. The maximum atomic E-state index is 12.9. The Morgan fingerprint density at radius 2 is 1.83 bits per heavy atom. The summed E-state index contributed by atoms with van der Waals surface area (Å²) in [4.78, 5) is 19.2. The van der Waals surface area contributed by atoms with E-state index >= 15 is 0 Å². The minimum absolute atomic E-state index is 0.0612. The molecule has 1 saturated heterocycles. The van der Waals surface area contributed by atoms with Crippen LogP contribution in [0.3, 0.4) is 0 Å². The molecule has 0 aliphatic carbocycles. The summed E-state index contributed by atoms with van der Waals surface area (Å²) in [6.45, 7) is 3.48. The van der Waals surface area contributed by atoms with Gasteiger partial charge in [-0.2, -0.15) is 5.10 Å². The van der Waals surface area contributed by atoms with Crippen LogP contribution >= 0.6 is 0 Å². The molecule has 1 aliphatic rings. The molecule has 30 heavy (non-hydrogen) atoms. The van der Waals surface area contributed by atoms with Gasteiger partial charge in [-0.3, -0.25) is 5.10 Å². The molecule has 2 amide bonds. The van der Waals surface area contributed by atoms with E-state index in [9.17, 15) is 4.79 Å². The Labute approximate surface area is 176 Å². The molecule has 7 heteroatoms. The fourth-order valence-corrected chi connectivity index (χ4v) is 3.74. The van der Waals surface area contributed by atoms with E-state index in [2.05, 4.69) is 32.6 Å².